The fraction of sp³-hybridized carbons (Fsp3) is 0.444. The number of hydrogen-bond donors (Lipinski definition) is 5. The molecule has 0 unspecified atom stereocenters. The first-order valence-corrected chi connectivity index (χ1v) is 12.8. The van der Waals surface area contributed by atoms with E-state index in [2.05, 4.69) is 16.0 Å². The number of unbranched alkanes of at least 4 members (excludes halogenated alkanes) is 1. The van der Waals surface area contributed by atoms with Gasteiger partial charge in [0.1, 0.15) is 12.1 Å². The van der Waals surface area contributed by atoms with Crippen LogP contribution in [-0.2, 0) is 20.8 Å². The molecule has 3 amide bonds. The normalized spacial score (nSPS) is 14.0. The summed E-state index contributed by atoms with van der Waals surface area (Å²) in [5.41, 5.74) is 12.8. The lowest BCUT2D eigenvalue weighted by molar-refractivity contribution is -0.384. The van der Waals surface area contributed by atoms with Crippen LogP contribution in [0.4, 0.5) is 11.4 Å². The van der Waals surface area contributed by atoms with E-state index in [1.807, 2.05) is 44.2 Å². The number of hydrogen-bond acceptors (Lipinski definition) is 7. The summed E-state index contributed by atoms with van der Waals surface area (Å²) in [6.45, 7) is 4.23. The van der Waals surface area contributed by atoms with E-state index in [-0.39, 0.29) is 18.0 Å². The zero-order valence-electron chi connectivity index (χ0n) is 21.9. The molecule has 0 bridgehead atoms. The minimum absolute atomic E-state index is 0.0769. The van der Waals surface area contributed by atoms with Gasteiger partial charge < -0.3 is 27.4 Å². The first-order valence-electron chi connectivity index (χ1n) is 12.8. The molecule has 4 atom stereocenters. The summed E-state index contributed by atoms with van der Waals surface area (Å²) in [5.74, 6) is -1.52. The number of nitrogens with one attached hydrogen (secondary N) is 3. The number of nitro groups is 1. The van der Waals surface area contributed by atoms with Crippen molar-refractivity contribution in [1.82, 2.24) is 10.6 Å². The number of nitrogens with zero attached hydrogens (tertiary/aromatic N) is 1. The van der Waals surface area contributed by atoms with Gasteiger partial charge in [0.15, 0.2) is 0 Å². The average Bonchev–Trinajstić information content (AvgIpc) is 2.91. The van der Waals surface area contributed by atoms with E-state index < -0.39 is 40.8 Å². The van der Waals surface area contributed by atoms with Crippen LogP contribution < -0.4 is 27.4 Å². The molecule has 0 aliphatic rings. The van der Waals surface area contributed by atoms with E-state index in [9.17, 15) is 24.5 Å². The third-order valence-corrected chi connectivity index (χ3v) is 6.40. The van der Waals surface area contributed by atoms with Crippen molar-refractivity contribution in [3.05, 3.63) is 70.3 Å². The summed E-state index contributed by atoms with van der Waals surface area (Å²) in [4.78, 5) is 49.7. The van der Waals surface area contributed by atoms with Crippen LogP contribution in [0.5, 0.6) is 0 Å². The van der Waals surface area contributed by atoms with Gasteiger partial charge in [0.05, 0.1) is 11.0 Å². The summed E-state index contributed by atoms with van der Waals surface area (Å²) >= 11 is 0. The van der Waals surface area contributed by atoms with Gasteiger partial charge in [0.25, 0.3) is 5.69 Å². The van der Waals surface area contributed by atoms with Crippen molar-refractivity contribution in [3.63, 3.8) is 0 Å². The van der Waals surface area contributed by atoms with Gasteiger partial charge in [-0.15, -0.1) is 0 Å². The van der Waals surface area contributed by atoms with Crippen LogP contribution in [0.15, 0.2) is 54.6 Å². The van der Waals surface area contributed by atoms with Gasteiger partial charge in [0, 0.05) is 24.2 Å². The Hall–Kier alpha value is -3.83. The second-order valence-electron chi connectivity index (χ2n) is 9.30. The predicted molar refractivity (Wildman–Crippen MR) is 146 cm³/mol. The van der Waals surface area contributed by atoms with E-state index >= 15 is 0 Å². The molecule has 2 rings (SSSR count). The number of carbonyl (C=O) groups excluding carboxylic acids is 3. The van der Waals surface area contributed by atoms with Crippen LogP contribution in [0.2, 0.25) is 0 Å². The summed E-state index contributed by atoms with van der Waals surface area (Å²) < 4.78 is 0. The molecular formula is C27H38N6O5. The standard InChI is InChI=1S/C27H38N6O5/c1-3-18(2)24(29)27(36)32-23(17-19-9-5-4-6-10-19)26(35)31-22(11-7-8-16-28)25(34)30-20-12-14-21(15-13-20)33(37)38/h4-6,9-10,12-15,18,22-24H,3,7-8,11,16-17,28-29H2,1-2H3,(H,30,34)(H,31,35)(H,32,36)/t18-,22-,23-,24-/m0/s1. The van der Waals surface area contributed by atoms with Gasteiger partial charge >= 0.3 is 0 Å². The lowest BCUT2D eigenvalue weighted by Gasteiger charge is -2.25. The zero-order valence-corrected chi connectivity index (χ0v) is 21.9. The summed E-state index contributed by atoms with van der Waals surface area (Å²) in [6.07, 6.45) is 2.48. The minimum atomic E-state index is -0.954. The van der Waals surface area contributed by atoms with E-state index in [4.69, 9.17) is 11.5 Å². The highest BCUT2D eigenvalue weighted by molar-refractivity contribution is 5.98. The van der Waals surface area contributed by atoms with Gasteiger partial charge in [-0.1, -0.05) is 50.6 Å². The van der Waals surface area contributed by atoms with Crippen LogP contribution in [0, 0.1) is 16.0 Å². The van der Waals surface area contributed by atoms with Gasteiger partial charge in [-0.3, -0.25) is 24.5 Å². The van der Waals surface area contributed by atoms with Crippen molar-refractivity contribution >= 4 is 29.1 Å². The second kappa shape index (κ2) is 15.4. The van der Waals surface area contributed by atoms with Crippen LogP contribution in [-0.4, -0.2) is 47.3 Å². The third-order valence-electron chi connectivity index (χ3n) is 6.40. The Morgan fingerprint density at radius 1 is 0.921 bits per heavy atom. The smallest absolute Gasteiger partial charge is 0.269 e. The van der Waals surface area contributed by atoms with Crippen molar-refractivity contribution in [1.29, 1.82) is 0 Å². The van der Waals surface area contributed by atoms with Crippen LogP contribution in [0.1, 0.15) is 45.1 Å². The Morgan fingerprint density at radius 3 is 2.13 bits per heavy atom. The van der Waals surface area contributed by atoms with Gasteiger partial charge in [-0.2, -0.15) is 0 Å². The van der Waals surface area contributed by atoms with Crippen molar-refractivity contribution in [2.24, 2.45) is 17.4 Å². The van der Waals surface area contributed by atoms with Crippen LogP contribution in [0.3, 0.4) is 0 Å². The van der Waals surface area contributed by atoms with E-state index in [1.165, 1.54) is 24.3 Å². The minimum Gasteiger partial charge on any atom is -0.343 e. The number of nitro benzene ring substituents is 1. The SMILES string of the molecule is CC[C@H](C)[C@H](N)C(=O)N[C@@H](Cc1ccccc1)C(=O)N[C@@H](CCCCN)C(=O)Nc1ccc([N+](=O)[O-])cc1. The lowest BCUT2D eigenvalue weighted by Crippen LogP contribution is -2.56. The number of anilines is 1. The van der Waals surface area contributed by atoms with Gasteiger partial charge in [-0.05, 0) is 49.4 Å². The topological polar surface area (TPSA) is 182 Å². The Kier molecular flexibility index (Phi) is 12.3. The molecule has 2 aromatic rings. The van der Waals surface area contributed by atoms with Crippen LogP contribution >= 0.6 is 0 Å². The molecule has 0 heterocycles. The van der Waals surface area contributed by atoms with Gasteiger partial charge in [-0.25, -0.2) is 0 Å². The largest absolute Gasteiger partial charge is 0.343 e. The zero-order chi connectivity index (χ0) is 28.1. The number of non-ortho nitro benzene ring substituents is 1. The molecule has 2 aromatic carbocycles. The van der Waals surface area contributed by atoms with Gasteiger partial charge in [0.2, 0.25) is 17.7 Å². The molecule has 0 fully saturated rings. The fourth-order valence-corrected chi connectivity index (χ4v) is 3.77. The highest BCUT2D eigenvalue weighted by atomic mass is 16.6. The Bertz CT molecular complexity index is 1060. The number of rotatable bonds is 15. The molecule has 0 aliphatic heterocycles. The van der Waals surface area contributed by atoms with Crippen molar-refractivity contribution in [2.45, 2.75) is 64.1 Å². The fourth-order valence-electron chi connectivity index (χ4n) is 3.77. The summed E-state index contributed by atoms with van der Waals surface area (Å²) in [5, 5.41) is 19.1. The highest BCUT2D eigenvalue weighted by Gasteiger charge is 2.29. The molecule has 0 saturated heterocycles. The van der Waals surface area contributed by atoms with Crippen molar-refractivity contribution in [3.8, 4) is 0 Å². The first kappa shape index (κ1) is 30.4. The lowest BCUT2D eigenvalue weighted by atomic mass is 9.98. The first-order chi connectivity index (χ1) is 18.2. The molecular weight excluding hydrogens is 488 g/mol. The highest BCUT2D eigenvalue weighted by Crippen LogP contribution is 2.16. The Morgan fingerprint density at radius 2 is 1.55 bits per heavy atom. The maximum Gasteiger partial charge on any atom is 0.269 e. The quantitative estimate of drug-likeness (QED) is 0.134. The molecule has 0 spiro atoms. The average molecular weight is 527 g/mol. The monoisotopic (exact) mass is 526 g/mol. The molecule has 7 N–H and O–H groups in total. The maximum atomic E-state index is 13.4. The molecule has 11 heteroatoms. The van der Waals surface area contributed by atoms with Crippen molar-refractivity contribution in [2.75, 3.05) is 11.9 Å². The third kappa shape index (κ3) is 9.56. The Balaban J connectivity index is 2.21. The Labute approximate surface area is 222 Å². The predicted octanol–water partition coefficient (Wildman–Crippen LogP) is 2.25. The number of nitrogens with two attached hydrogens (primary N) is 2. The molecule has 0 aliphatic carbocycles. The van der Waals surface area contributed by atoms with Crippen molar-refractivity contribution < 1.29 is 19.3 Å². The summed E-state index contributed by atoms with van der Waals surface area (Å²) in [6, 6.07) is 12.0. The van der Waals surface area contributed by atoms with Crippen LogP contribution in [0.25, 0.3) is 0 Å². The maximum absolute atomic E-state index is 13.4. The number of amides is 3. The molecule has 206 valence electrons. The molecule has 0 aromatic heterocycles. The number of benzene rings is 2. The van der Waals surface area contributed by atoms with E-state index in [0.717, 1.165) is 5.56 Å². The molecule has 0 saturated carbocycles. The molecule has 11 nitrogen and oxygen atoms in total. The second-order valence-corrected chi connectivity index (χ2v) is 9.30. The summed E-state index contributed by atoms with van der Waals surface area (Å²) in [7, 11) is 0. The molecule has 0 radical (unpaired) electrons. The molecule has 38 heavy (non-hydrogen) atoms. The van der Waals surface area contributed by atoms with E-state index in [0.29, 0.717) is 37.9 Å². The number of carbonyl (C=O) groups is 3. The van der Waals surface area contributed by atoms with E-state index in [1.54, 1.807) is 0 Å².